The second kappa shape index (κ2) is 5.16. The summed E-state index contributed by atoms with van der Waals surface area (Å²) in [7, 11) is 0. The van der Waals surface area contributed by atoms with Crippen LogP contribution in [0.1, 0.15) is 12.5 Å². The average molecular weight is 221 g/mol. The molecule has 0 saturated carbocycles. The van der Waals surface area contributed by atoms with Crippen LogP contribution in [0.3, 0.4) is 0 Å². The molecule has 0 spiro atoms. The van der Waals surface area contributed by atoms with Crippen LogP contribution >= 0.6 is 11.8 Å². The van der Waals surface area contributed by atoms with Gasteiger partial charge in [0.25, 0.3) is 0 Å². The Morgan fingerprint density at radius 1 is 1.60 bits per heavy atom. The molecule has 1 aliphatic heterocycles. The second-order valence-electron chi connectivity index (χ2n) is 3.61. The van der Waals surface area contributed by atoms with Gasteiger partial charge in [-0.1, -0.05) is 24.8 Å². The predicted octanol–water partition coefficient (Wildman–Crippen LogP) is 1.70. The van der Waals surface area contributed by atoms with Crippen LogP contribution in [-0.4, -0.2) is 28.5 Å². The molecule has 1 N–H and O–H groups in total. The Morgan fingerprint density at radius 2 is 2.53 bits per heavy atom. The van der Waals surface area contributed by atoms with E-state index in [4.69, 9.17) is 0 Å². The van der Waals surface area contributed by atoms with E-state index in [0.29, 0.717) is 5.25 Å². The highest BCUT2D eigenvalue weighted by Crippen LogP contribution is 2.18. The van der Waals surface area contributed by atoms with E-state index in [0.717, 1.165) is 24.7 Å². The van der Waals surface area contributed by atoms with E-state index >= 15 is 0 Å². The lowest BCUT2D eigenvalue weighted by molar-refractivity contribution is 0.865. The highest BCUT2D eigenvalue weighted by atomic mass is 32.2. The first-order chi connectivity index (χ1) is 7.34. The van der Waals surface area contributed by atoms with Gasteiger partial charge in [0.05, 0.1) is 6.54 Å². The van der Waals surface area contributed by atoms with E-state index in [9.17, 15) is 0 Å². The van der Waals surface area contributed by atoms with Crippen molar-refractivity contribution in [2.75, 3.05) is 13.1 Å². The molecule has 1 atom stereocenters. The summed E-state index contributed by atoms with van der Waals surface area (Å²) in [6.07, 6.45) is 4.71. The number of nitrogens with one attached hydrogen (secondary N) is 1. The molecule has 0 fully saturated rings. The number of aromatic nitrogens is 1. The SMILES string of the molecule is CC1CN=C(NCCc2cccnc2)S1. The van der Waals surface area contributed by atoms with E-state index in [1.54, 1.807) is 6.20 Å². The van der Waals surface area contributed by atoms with Gasteiger partial charge in [-0.2, -0.15) is 0 Å². The van der Waals surface area contributed by atoms with Crippen molar-refractivity contribution in [1.29, 1.82) is 0 Å². The van der Waals surface area contributed by atoms with Gasteiger partial charge in [-0.3, -0.25) is 9.98 Å². The molecule has 4 heteroatoms. The fourth-order valence-electron chi connectivity index (χ4n) is 1.43. The third-order valence-corrected chi connectivity index (χ3v) is 3.27. The van der Waals surface area contributed by atoms with Crippen LogP contribution in [0.2, 0.25) is 0 Å². The van der Waals surface area contributed by atoms with E-state index in [-0.39, 0.29) is 0 Å². The van der Waals surface area contributed by atoms with Gasteiger partial charge in [0.1, 0.15) is 0 Å². The Kier molecular flexibility index (Phi) is 3.61. The summed E-state index contributed by atoms with van der Waals surface area (Å²) in [5.74, 6) is 0. The van der Waals surface area contributed by atoms with Crippen LogP contribution in [-0.2, 0) is 6.42 Å². The Hall–Kier alpha value is -1.03. The van der Waals surface area contributed by atoms with E-state index in [2.05, 4.69) is 28.3 Å². The number of thioether (sulfide) groups is 1. The maximum atomic E-state index is 4.40. The second-order valence-corrected chi connectivity index (χ2v) is 5.04. The molecule has 0 saturated heterocycles. The zero-order valence-electron chi connectivity index (χ0n) is 8.81. The summed E-state index contributed by atoms with van der Waals surface area (Å²) in [4.78, 5) is 8.48. The molecule has 1 unspecified atom stereocenters. The molecule has 1 aromatic heterocycles. The number of rotatable bonds is 3. The van der Waals surface area contributed by atoms with Crippen LogP contribution in [0.15, 0.2) is 29.5 Å². The van der Waals surface area contributed by atoms with Crippen molar-refractivity contribution < 1.29 is 0 Å². The molecule has 2 heterocycles. The Morgan fingerprint density at radius 3 is 3.20 bits per heavy atom. The fraction of sp³-hybridized carbons (Fsp3) is 0.455. The minimum atomic E-state index is 0.630. The highest BCUT2D eigenvalue weighted by molar-refractivity contribution is 8.14. The van der Waals surface area contributed by atoms with Gasteiger partial charge < -0.3 is 5.32 Å². The molecular weight excluding hydrogens is 206 g/mol. The minimum absolute atomic E-state index is 0.630. The zero-order chi connectivity index (χ0) is 10.5. The predicted molar refractivity (Wildman–Crippen MR) is 65.3 cm³/mol. The molecule has 2 rings (SSSR count). The van der Waals surface area contributed by atoms with Crippen molar-refractivity contribution >= 4 is 16.9 Å². The maximum absolute atomic E-state index is 4.40. The lowest BCUT2D eigenvalue weighted by Gasteiger charge is -2.05. The third-order valence-electron chi connectivity index (χ3n) is 2.22. The van der Waals surface area contributed by atoms with Crippen LogP contribution in [0, 0.1) is 0 Å². The molecule has 0 amide bonds. The van der Waals surface area contributed by atoms with Gasteiger partial charge in [0.15, 0.2) is 5.17 Å². The monoisotopic (exact) mass is 221 g/mol. The largest absolute Gasteiger partial charge is 0.365 e. The van der Waals surface area contributed by atoms with Gasteiger partial charge in [-0.25, -0.2) is 0 Å². The van der Waals surface area contributed by atoms with Gasteiger partial charge in [-0.05, 0) is 18.1 Å². The zero-order valence-corrected chi connectivity index (χ0v) is 9.63. The van der Waals surface area contributed by atoms with Crippen molar-refractivity contribution in [1.82, 2.24) is 10.3 Å². The van der Waals surface area contributed by atoms with Crippen LogP contribution in [0.4, 0.5) is 0 Å². The van der Waals surface area contributed by atoms with Crippen molar-refractivity contribution in [2.24, 2.45) is 4.99 Å². The Bertz CT molecular complexity index is 337. The third kappa shape index (κ3) is 3.23. The quantitative estimate of drug-likeness (QED) is 0.844. The number of aliphatic imine (C=N–C) groups is 1. The molecule has 1 aromatic rings. The van der Waals surface area contributed by atoms with Gasteiger partial charge >= 0.3 is 0 Å². The molecule has 0 radical (unpaired) electrons. The molecule has 3 nitrogen and oxygen atoms in total. The standard InChI is InChI=1S/C11H15N3S/c1-9-7-14-11(15-9)13-6-4-10-3-2-5-12-8-10/h2-3,5,8-9H,4,6-7H2,1H3,(H,13,14). The maximum Gasteiger partial charge on any atom is 0.156 e. The smallest absolute Gasteiger partial charge is 0.156 e. The Labute approximate surface area is 94.4 Å². The molecule has 1 aliphatic rings. The molecule has 0 aromatic carbocycles. The van der Waals surface area contributed by atoms with E-state index in [1.807, 2.05) is 24.0 Å². The molecule has 0 bridgehead atoms. The van der Waals surface area contributed by atoms with Crippen LogP contribution < -0.4 is 5.32 Å². The molecule has 80 valence electrons. The number of hydrogen-bond donors (Lipinski definition) is 1. The fourth-order valence-corrected chi connectivity index (χ4v) is 2.30. The first-order valence-electron chi connectivity index (χ1n) is 5.18. The van der Waals surface area contributed by atoms with Crippen molar-refractivity contribution in [3.8, 4) is 0 Å². The lowest BCUT2D eigenvalue weighted by Crippen LogP contribution is -2.22. The highest BCUT2D eigenvalue weighted by Gasteiger charge is 2.13. The summed E-state index contributed by atoms with van der Waals surface area (Å²) in [5, 5.41) is 5.07. The van der Waals surface area contributed by atoms with Gasteiger partial charge in [0, 0.05) is 24.2 Å². The summed E-state index contributed by atoms with van der Waals surface area (Å²) in [5.41, 5.74) is 1.27. The summed E-state index contributed by atoms with van der Waals surface area (Å²) >= 11 is 1.82. The summed E-state index contributed by atoms with van der Waals surface area (Å²) < 4.78 is 0. The number of amidine groups is 1. The van der Waals surface area contributed by atoms with E-state index < -0.39 is 0 Å². The van der Waals surface area contributed by atoms with Crippen LogP contribution in [0.25, 0.3) is 0 Å². The Balaban J connectivity index is 1.72. The van der Waals surface area contributed by atoms with E-state index in [1.165, 1.54) is 5.56 Å². The van der Waals surface area contributed by atoms with Crippen molar-refractivity contribution in [2.45, 2.75) is 18.6 Å². The number of nitrogens with zero attached hydrogens (tertiary/aromatic N) is 2. The van der Waals surface area contributed by atoms with Gasteiger partial charge in [-0.15, -0.1) is 0 Å². The first-order valence-corrected chi connectivity index (χ1v) is 6.06. The summed E-state index contributed by atoms with van der Waals surface area (Å²) in [6.45, 7) is 4.08. The lowest BCUT2D eigenvalue weighted by atomic mass is 10.2. The van der Waals surface area contributed by atoms with Gasteiger partial charge in [0.2, 0.25) is 0 Å². The number of pyridine rings is 1. The van der Waals surface area contributed by atoms with Crippen molar-refractivity contribution in [3.05, 3.63) is 30.1 Å². The van der Waals surface area contributed by atoms with Crippen LogP contribution in [0.5, 0.6) is 0 Å². The average Bonchev–Trinajstić information content (AvgIpc) is 2.66. The van der Waals surface area contributed by atoms with Crippen molar-refractivity contribution in [3.63, 3.8) is 0 Å². The summed E-state index contributed by atoms with van der Waals surface area (Å²) in [6, 6.07) is 4.07. The minimum Gasteiger partial charge on any atom is -0.365 e. The first kappa shape index (κ1) is 10.5. The molecule has 15 heavy (non-hydrogen) atoms. The molecular formula is C11H15N3S. The molecule has 0 aliphatic carbocycles. The topological polar surface area (TPSA) is 37.3 Å². The number of hydrogen-bond acceptors (Lipinski definition) is 4. The normalized spacial score (nSPS) is 20.1.